The molecule has 0 fully saturated rings. The molecule has 7 nitrogen and oxygen atoms in total. The lowest BCUT2D eigenvalue weighted by molar-refractivity contribution is -0.121. The number of pyridine rings is 1. The summed E-state index contributed by atoms with van der Waals surface area (Å²) in [6, 6.07) is 17.0. The highest BCUT2D eigenvalue weighted by Crippen LogP contribution is 2.28. The van der Waals surface area contributed by atoms with Crippen LogP contribution in [0.5, 0.6) is 0 Å². The highest BCUT2D eigenvalue weighted by Gasteiger charge is 2.21. The van der Waals surface area contributed by atoms with Gasteiger partial charge in [0.25, 0.3) is 5.91 Å². The fourth-order valence-electron chi connectivity index (χ4n) is 3.72. The Labute approximate surface area is 202 Å². The van der Waals surface area contributed by atoms with E-state index in [-0.39, 0.29) is 12.5 Å². The molecule has 0 spiro atoms. The molecule has 0 aliphatic heterocycles. The largest absolute Gasteiger partial charge is 0.452 e. The van der Waals surface area contributed by atoms with Crippen LogP contribution in [0.4, 0.5) is 5.69 Å². The Morgan fingerprint density at radius 1 is 1.06 bits per heavy atom. The van der Waals surface area contributed by atoms with E-state index in [0.717, 1.165) is 33.5 Å². The van der Waals surface area contributed by atoms with Crippen molar-refractivity contribution in [2.45, 2.75) is 31.6 Å². The summed E-state index contributed by atoms with van der Waals surface area (Å²) in [4.78, 5) is 31.8. The van der Waals surface area contributed by atoms with Crippen molar-refractivity contribution in [3.8, 4) is 0 Å². The summed E-state index contributed by atoms with van der Waals surface area (Å²) in [6.45, 7) is 5.71. The van der Waals surface area contributed by atoms with Crippen LogP contribution in [0.3, 0.4) is 0 Å². The number of aromatic nitrogens is 2. The van der Waals surface area contributed by atoms with E-state index in [1.807, 2.05) is 63.2 Å². The SMILES string of the molecule is CCN(C(=O)COC(=O)c1cccnc1SCc1c(C)noc1C)c1cccc2ccccc12. The number of fused-ring (bicyclic) bond motifs is 1. The first kappa shape index (κ1) is 23.5. The van der Waals surface area contributed by atoms with Gasteiger partial charge in [-0.3, -0.25) is 4.79 Å². The molecule has 8 heteroatoms. The fourth-order valence-corrected chi connectivity index (χ4v) is 4.85. The zero-order valence-corrected chi connectivity index (χ0v) is 20.1. The van der Waals surface area contributed by atoms with E-state index in [0.29, 0.717) is 22.9 Å². The second kappa shape index (κ2) is 10.5. The fraction of sp³-hybridized carbons (Fsp3) is 0.231. The van der Waals surface area contributed by atoms with Crippen molar-refractivity contribution >= 4 is 40.1 Å². The van der Waals surface area contributed by atoms with E-state index in [1.54, 1.807) is 23.2 Å². The maximum Gasteiger partial charge on any atom is 0.341 e. The van der Waals surface area contributed by atoms with Crippen molar-refractivity contribution in [3.05, 3.63) is 83.4 Å². The predicted octanol–water partition coefficient (Wildman–Crippen LogP) is 5.34. The first-order valence-electron chi connectivity index (χ1n) is 10.9. The molecule has 0 atom stereocenters. The summed E-state index contributed by atoms with van der Waals surface area (Å²) in [7, 11) is 0. The molecule has 2 aromatic heterocycles. The van der Waals surface area contributed by atoms with E-state index < -0.39 is 5.97 Å². The number of ether oxygens (including phenoxy) is 1. The number of anilines is 1. The van der Waals surface area contributed by atoms with Crippen LogP contribution in [0, 0.1) is 13.8 Å². The number of thioether (sulfide) groups is 1. The van der Waals surface area contributed by atoms with Gasteiger partial charge in [0.15, 0.2) is 6.61 Å². The lowest BCUT2D eigenvalue weighted by Crippen LogP contribution is -2.34. The van der Waals surface area contributed by atoms with Crippen molar-refractivity contribution in [3.63, 3.8) is 0 Å². The quantitative estimate of drug-likeness (QED) is 0.251. The Morgan fingerprint density at radius 3 is 2.62 bits per heavy atom. The average Bonchev–Trinajstić information content (AvgIpc) is 3.18. The molecular formula is C26H25N3O4S. The maximum absolute atomic E-state index is 13.0. The number of likely N-dealkylation sites (N-methyl/N-ethyl adjacent to an activating group) is 1. The van der Waals surface area contributed by atoms with Gasteiger partial charge in [-0.2, -0.15) is 0 Å². The number of aryl methyl sites for hydroxylation is 2. The molecule has 0 unspecified atom stereocenters. The number of carbonyl (C=O) groups is 2. The van der Waals surface area contributed by atoms with E-state index in [9.17, 15) is 9.59 Å². The lowest BCUT2D eigenvalue weighted by atomic mass is 10.1. The number of amides is 1. The highest BCUT2D eigenvalue weighted by atomic mass is 32.2. The molecule has 0 N–H and O–H groups in total. The van der Waals surface area contributed by atoms with Crippen LogP contribution >= 0.6 is 11.8 Å². The molecule has 0 saturated carbocycles. The third-order valence-corrected chi connectivity index (χ3v) is 6.56. The highest BCUT2D eigenvalue weighted by molar-refractivity contribution is 7.98. The maximum atomic E-state index is 13.0. The molecule has 4 aromatic rings. The van der Waals surface area contributed by atoms with Crippen LogP contribution in [-0.4, -0.2) is 35.2 Å². The lowest BCUT2D eigenvalue weighted by Gasteiger charge is -2.22. The molecule has 0 bridgehead atoms. The van der Waals surface area contributed by atoms with E-state index >= 15 is 0 Å². The topological polar surface area (TPSA) is 85.5 Å². The van der Waals surface area contributed by atoms with Crippen LogP contribution in [0.1, 0.15) is 34.3 Å². The van der Waals surface area contributed by atoms with Gasteiger partial charge in [-0.1, -0.05) is 41.6 Å². The van der Waals surface area contributed by atoms with Gasteiger partial charge in [0, 0.05) is 29.4 Å². The molecule has 0 radical (unpaired) electrons. The Bertz CT molecular complexity index is 1310. The summed E-state index contributed by atoms with van der Waals surface area (Å²) in [5.41, 5.74) is 2.89. The summed E-state index contributed by atoms with van der Waals surface area (Å²) in [5.74, 6) is 0.420. The van der Waals surface area contributed by atoms with Crippen LogP contribution in [0.15, 0.2) is 70.3 Å². The number of hydrogen-bond donors (Lipinski definition) is 0. The normalized spacial score (nSPS) is 10.9. The first-order valence-corrected chi connectivity index (χ1v) is 11.9. The van der Waals surface area contributed by atoms with E-state index in [1.165, 1.54) is 11.8 Å². The zero-order valence-electron chi connectivity index (χ0n) is 19.3. The summed E-state index contributed by atoms with van der Waals surface area (Å²) in [6.07, 6.45) is 1.62. The minimum absolute atomic E-state index is 0.291. The standard InChI is InChI=1S/C26H25N3O4S/c1-4-29(23-13-7-10-19-9-5-6-11-20(19)23)24(30)15-32-26(31)21-12-8-14-27-25(21)34-16-22-17(2)28-33-18(22)3/h5-14H,4,15-16H2,1-3H3. The Kier molecular flexibility index (Phi) is 7.27. The van der Waals surface area contributed by atoms with Crippen LogP contribution in [0.25, 0.3) is 10.8 Å². The van der Waals surface area contributed by atoms with Gasteiger partial charge < -0.3 is 14.2 Å². The van der Waals surface area contributed by atoms with Gasteiger partial charge in [0.2, 0.25) is 0 Å². The van der Waals surface area contributed by atoms with Crippen LogP contribution in [0.2, 0.25) is 0 Å². The average molecular weight is 476 g/mol. The number of esters is 1. The molecule has 2 heterocycles. The smallest absolute Gasteiger partial charge is 0.341 e. The van der Waals surface area contributed by atoms with Crippen LogP contribution in [-0.2, 0) is 15.3 Å². The summed E-state index contributed by atoms with van der Waals surface area (Å²) < 4.78 is 10.6. The minimum Gasteiger partial charge on any atom is -0.452 e. The van der Waals surface area contributed by atoms with Gasteiger partial charge in [-0.25, -0.2) is 9.78 Å². The molecule has 2 aromatic carbocycles. The molecule has 0 saturated heterocycles. The second-order valence-electron chi connectivity index (χ2n) is 7.66. The van der Waals surface area contributed by atoms with Crippen LogP contribution < -0.4 is 4.90 Å². The second-order valence-corrected chi connectivity index (χ2v) is 8.62. The minimum atomic E-state index is -0.586. The van der Waals surface area contributed by atoms with Crippen molar-refractivity contribution in [2.24, 2.45) is 0 Å². The third-order valence-electron chi connectivity index (χ3n) is 5.53. The number of carbonyl (C=O) groups excluding carboxylic acids is 2. The first-order chi connectivity index (χ1) is 16.5. The van der Waals surface area contributed by atoms with Crippen molar-refractivity contribution < 1.29 is 18.8 Å². The van der Waals surface area contributed by atoms with Gasteiger partial charge in [0.05, 0.1) is 16.9 Å². The molecule has 174 valence electrons. The Balaban J connectivity index is 1.45. The third kappa shape index (κ3) is 4.97. The monoisotopic (exact) mass is 475 g/mol. The van der Waals surface area contributed by atoms with Gasteiger partial charge in [-0.05, 0) is 44.4 Å². The molecule has 0 aliphatic carbocycles. The van der Waals surface area contributed by atoms with Crippen molar-refractivity contribution in [1.82, 2.24) is 10.1 Å². The number of hydrogen-bond acceptors (Lipinski definition) is 7. The van der Waals surface area contributed by atoms with Gasteiger partial charge in [-0.15, -0.1) is 11.8 Å². The number of rotatable bonds is 8. The summed E-state index contributed by atoms with van der Waals surface area (Å²) in [5, 5.41) is 6.50. The number of benzene rings is 2. The van der Waals surface area contributed by atoms with Gasteiger partial charge in [0.1, 0.15) is 10.8 Å². The van der Waals surface area contributed by atoms with Crippen molar-refractivity contribution in [1.29, 1.82) is 0 Å². The predicted molar refractivity (Wildman–Crippen MR) is 132 cm³/mol. The molecular weight excluding hydrogens is 450 g/mol. The van der Waals surface area contributed by atoms with E-state index in [4.69, 9.17) is 9.26 Å². The van der Waals surface area contributed by atoms with E-state index in [2.05, 4.69) is 10.1 Å². The van der Waals surface area contributed by atoms with Gasteiger partial charge >= 0.3 is 5.97 Å². The zero-order chi connectivity index (χ0) is 24.1. The Hall–Kier alpha value is -3.65. The molecule has 34 heavy (non-hydrogen) atoms. The Morgan fingerprint density at radius 2 is 1.85 bits per heavy atom. The molecule has 0 aliphatic rings. The molecule has 1 amide bonds. The van der Waals surface area contributed by atoms with Crippen molar-refractivity contribution in [2.75, 3.05) is 18.1 Å². The summed E-state index contributed by atoms with van der Waals surface area (Å²) >= 11 is 1.40. The molecule has 4 rings (SSSR count). The number of nitrogens with zero attached hydrogens (tertiary/aromatic N) is 3.